The lowest BCUT2D eigenvalue weighted by molar-refractivity contribution is -0.164. The average molecular weight is 455 g/mol. The molecule has 1 saturated heterocycles. The molecule has 1 fully saturated rings. The Kier molecular flexibility index (Phi) is 8.62. The van der Waals surface area contributed by atoms with Gasteiger partial charge in [0.25, 0.3) is 10.1 Å². The van der Waals surface area contributed by atoms with Gasteiger partial charge in [0, 0.05) is 19.6 Å². The molecule has 1 aliphatic heterocycles. The Morgan fingerprint density at radius 3 is 2.26 bits per heavy atom. The fraction of sp³-hybridized carbons (Fsp3) is 0.636. The summed E-state index contributed by atoms with van der Waals surface area (Å²) >= 11 is 0. The number of amides is 1. The summed E-state index contributed by atoms with van der Waals surface area (Å²) in [7, 11) is -3.77. The number of aryl methyl sites for hydroxylation is 1. The Morgan fingerprint density at radius 1 is 1.16 bits per heavy atom. The lowest BCUT2D eigenvalue weighted by Crippen LogP contribution is -2.47. The molecular formula is C22H34N2O6S. The minimum absolute atomic E-state index is 0.0954. The highest BCUT2D eigenvalue weighted by Crippen LogP contribution is 2.23. The summed E-state index contributed by atoms with van der Waals surface area (Å²) in [5.74, 6) is -1.67. The second-order valence-corrected chi connectivity index (χ2v) is 10.6. The van der Waals surface area contributed by atoms with Gasteiger partial charge < -0.3 is 15.4 Å². The van der Waals surface area contributed by atoms with Crippen LogP contribution in [0, 0.1) is 18.8 Å². The largest absolute Gasteiger partial charge is 0.459 e. The van der Waals surface area contributed by atoms with Gasteiger partial charge in [0.2, 0.25) is 5.91 Å². The molecule has 1 amide bonds. The van der Waals surface area contributed by atoms with E-state index in [1.807, 2.05) is 6.92 Å². The summed E-state index contributed by atoms with van der Waals surface area (Å²) < 4.78 is 35.0. The highest BCUT2D eigenvalue weighted by atomic mass is 32.2. The van der Waals surface area contributed by atoms with Crippen LogP contribution in [0.15, 0.2) is 29.2 Å². The van der Waals surface area contributed by atoms with Crippen molar-refractivity contribution in [3.8, 4) is 0 Å². The predicted molar refractivity (Wildman–Crippen MR) is 117 cm³/mol. The first-order valence-corrected chi connectivity index (χ1v) is 12.0. The Hall–Kier alpha value is -1.97. The summed E-state index contributed by atoms with van der Waals surface area (Å²) in [4.78, 5) is 26.8. The fourth-order valence-electron chi connectivity index (χ4n) is 3.43. The van der Waals surface area contributed by atoms with E-state index in [0.717, 1.165) is 5.56 Å². The molecule has 174 valence electrons. The Bertz CT molecular complexity index is 853. The molecule has 2 N–H and O–H groups in total. The van der Waals surface area contributed by atoms with Gasteiger partial charge >= 0.3 is 5.97 Å². The van der Waals surface area contributed by atoms with Gasteiger partial charge in [0.05, 0.1) is 11.5 Å². The lowest BCUT2D eigenvalue weighted by atomic mass is 9.93. The number of piperidine rings is 1. The number of likely N-dealkylation sites (tertiary alicyclic amines) is 1. The second kappa shape index (κ2) is 10.6. The summed E-state index contributed by atoms with van der Waals surface area (Å²) in [6, 6.07) is 6.53. The van der Waals surface area contributed by atoms with E-state index in [9.17, 15) is 18.0 Å². The number of hydrogen-bond acceptors (Lipinski definition) is 7. The number of carbonyl (C=O) groups is 2. The Morgan fingerprint density at radius 2 is 1.74 bits per heavy atom. The van der Waals surface area contributed by atoms with E-state index in [0.29, 0.717) is 32.4 Å². The van der Waals surface area contributed by atoms with Crippen LogP contribution in [-0.4, -0.2) is 57.0 Å². The van der Waals surface area contributed by atoms with E-state index >= 15 is 0 Å². The molecule has 0 radical (unpaired) electrons. The Balaban J connectivity index is 1.80. The highest BCUT2D eigenvalue weighted by Gasteiger charge is 2.34. The number of rotatable bonds is 8. The first-order chi connectivity index (χ1) is 14.4. The van der Waals surface area contributed by atoms with Crippen LogP contribution >= 0.6 is 0 Å². The zero-order valence-corrected chi connectivity index (χ0v) is 19.6. The first-order valence-electron chi connectivity index (χ1n) is 10.6. The molecule has 0 spiro atoms. The molecule has 0 unspecified atom stereocenters. The maximum Gasteiger partial charge on any atom is 0.320 e. The van der Waals surface area contributed by atoms with Crippen molar-refractivity contribution < 1.29 is 26.9 Å². The topological polar surface area (TPSA) is 116 Å². The van der Waals surface area contributed by atoms with Gasteiger partial charge in [-0.3, -0.25) is 13.8 Å². The maximum absolute atomic E-state index is 12.7. The van der Waals surface area contributed by atoms with Crippen LogP contribution in [0.4, 0.5) is 0 Å². The van der Waals surface area contributed by atoms with E-state index in [-0.39, 0.29) is 29.9 Å². The van der Waals surface area contributed by atoms with Crippen molar-refractivity contribution in [3.63, 3.8) is 0 Å². The Labute approximate surface area is 185 Å². The van der Waals surface area contributed by atoms with Crippen LogP contribution in [0.25, 0.3) is 0 Å². The molecule has 0 bridgehead atoms. The molecule has 1 aromatic rings. The molecule has 1 aromatic carbocycles. The standard InChI is InChI=1S/C22H34N2O6S/c1-16-5-7-18(8-6-16)31(27,28)29-14-11-17-9-12-24(13-10-17)20(25)19(15-23)21(26)30-22(2,3)4/h5-8,17,19H,9-15,23H2,1-4H3/t19-/m0/s1. The van der Waals surface area contributed by atoms with Gasteiger partial charge in [-0.15, -0.1) is 0 Å². The van der Waals surface area contributed by atoms with Gasteiger partial charge in [0.1, 0.15) is 11.5 Å². The van der Waals surface area contributed by atoms with Gasteiger partial charge in [-0.1, -0.05) is 17.7 Å². The van der Waals surface area contributed by atoms with Crippen molar-refractivity contribution >= 4 is 22.0 Å². The van der Waals surface area contributed by atoms with Gasteiger partial charge in [-0.05, 0) is 65.0 Å². The number of benzene rings is 1. The smallest absolute Gasteiger partial charge is 0.320 e. The van der Waals surface area contributed by atoms with Crippen molar-refractivity contribution in [1.82, 2.24) is 4.90 Å². The number of esters is 1. The van der Waals surface area contributed by atoms with Crippen molar-refractivity contribution in [2.24, 2.45) is 17.6 Å². The van der Waals surface area contributed by atoms with E-state index in [1.165, 1.54) is 12.1 Å². The summed E-state index contributed by atoms with van der Waals surface area (Å²) in [5.41, 5.74) is 5.96. The van der Waals surface area contributed by atoms with Crippen LogP contribution in [0.2, 0.25) is 0 Å². The molecule has 0 aliphatic carbocycles. The normalized spacial score (nSPS) is 16.7. The number of nitrogens with zero attached hydrogens (tertiary/aromatic N) is 1. The quantitative estimate of drug-likeness (QED) is 0.364. The summed E-state index contributed by atoms with van der Waals surface area (Å²) in [6.45, 7) is 8.11. The highest BCUT2D eigenvalue weighted by molar-refractivity contribution is 7.86. The van der Waals surface area contributed by atoms with E-state index in [4.69, 9.17) is 14.7 Å². The maximum atomic E-state index is 12.7. The van der Waals surface area contributed by atoms with Crippen LogP contribution in [-0.2, 0) is 28.6 Å². The number of ether oxygens (including phenoxy) is 1. The minimum atomic E-state index is -3.77. The fourth-order valence-corrected chi connectivity index (χ4v) is 4.35. The molecule has 1 heterocycles. The van der Waals surface area contributed by atoms with Gasteiger partial charge in [0.15, 0.2) is 0 Å². The van der Waals surface area contributed by atoms with Crippen molar-refractivity contribution in [1.29, 1.82) is 0 Å². The van der Waals surface area contributed by atoms with Crippen molar-refractivity contribution in [3.05, 3.63) is 29.8 Å². The minimum Gasteiger partial charge on any atom is -0.459 e. The molecule has 0 saturated carbocycles. The van der Waals surface area contributed by atoms with E-state index in [2.05, 4.69) is 0 Å². The lowest BCUT2D eigenvalue weighted by Gasteiger charge is -2.34. The third-order valence-electron chi connectivity index (χ3n) is 5.23. The molecule has 31 heavy (non-hydrogen) atoms. The molecule has 1 atom stereocenters. The van der Waals surface area contributed by atoms with Crippen LogP contribution in [0.3, 0.4) is 0 Å². The van der Waals surface area contributed by atoms with Gasteiger partial charge in [-0.2, -0.15) is 8.42 Å². The molecule has 8 nitrogen and oxygen atoms in total. The number of nitrogens with two attached hydrogens (primary N) is 1. The van der Waals surface area contributed by atoms with Gasteiger partial charge in [-0.25, -0.2) is 0 Å². The molecule has 9 heteroatoms. The monoisotopic (exact) mass is 454 g/mol. The molecule has 1 aliphatic rings. The number of hydrogen-bond donors (Lipinski definition) is 1. The number of carbonyl (C=O) groups excluding carboxylic acids is 2. The third kappa shape index (κ3) is 7.59. The van der Waals surface area contributed by atoms with Crippen molar-refractivity contribution in [2.45, 2.75) is 57.5 Å². The van der Waals surface area contributed by atoms with Crippen LogP contribution in [0.1, 0.15) is 45.6 Å². The second-order valence-electron chi connectivity index (χ2n) is 8.97. The summed E-state index contributed by atoms with van der Waals surface area (Å²) in [5, 5.41) is 0. The predicted octanol–water partition coefficient (Wildman–Crippen LogP) is 2.25. The average Bonchev–Trinajstić information content (AvgIpc) is 2.68. The van der Waals surface area contributed by atoms with E-state index < -0.39 is 27.6 Å². The van der Waals surface area contributed by atoms with Crippen molar-refractivity contribution in [2.75, 3.05) is 26.2 Å². The third-order valence-corrected chi connectivity index (χ3v) is 6.55. The SMILES string of the molecule is Cc1ccc(S(=O)(=O)OCCC2CCN(C(=O)[C@H](CN)C(=O)OC(C)(C)C)CC2)cc1. The van der Waals surface area contributed by atoms with E-state index in [1.54, 1.807) is 37.8 Å². The molecule has 0 aromatic heterocycles. The molecular weight excluding hydrogens is 420 g/mol. The zero-order chi connectivity index (χ0) is 23.2. The zero-order valence-electron chi connectivity index (χ0n) is 18.8. The molecule has 2 rings (SSSR count). The van der Waals surface area contributed by atoms with Crippen LogP contribution in [0.5, 0.6) is 0 Å². The first kappa shape index (κ1) is 25.3. The summed E-state index contributed by atoms with van der Waals surface area (Å²) in [6.07, 6.45) is 2.01. The van der Waals surface area contributed by atoms with Crippen LogP contribution < -0.4 is 5.73 Å².